The van der Waals surface area contributed by atoms with E-state index in [-0.39, 0.29) is 12.3 Å². The number of fused-ring (bicyclic) bond motifs is 1. The van der Waals surface area contributed by atoms with E-state index in [0.29, 0.717) is 23.0 Å². The summed E-state index contributed by atoms with van der Waals surface area (Å²) in [5, 5.41) is 13.2. The molecule has 0 bridgehead atoms. The summed E-state index contributed by atoms with van der Waals surface area (Å²) in [6.45, 7) is 3.66. The summed E-state index contributed by atoms with van der Waals surface area (Å²) >= 11 is 0. The first-order valence-electron chi connectivity index (χ1n) is 6.22. The van der Waals surface area contributed by atoms with Gasteiger partial charge in [0.15, 0.2) is 5.82 Å². The Balaban J connectivity index is 2.60. The largest absolute Gasteiger partial charge is 0.398 e. The van der Waals surface area contributed by atoms with Crippen LogP contribution in [0.4, 0.5) is 15.8 Å². The molecule has 19 heavy (non-hydrogen) atoms. The molecule has 2 aromatic rings. The molecule has 1 aromatic carbocycles. The van der Waals surface area contributed by atoms with Crippen molar-refractivity contribution in [1.82, 2.24) is 4.98 Å². The number of nitrogens with two attached hydrogens (primary N) is 1. The first-order chi connectivity index (χ1) is 9.00. The minimum Gasteiger partial charge on any atom is -0.398 e. The molecule has 0 aliphatic carbocycles. The third-order valence-electron chi connectivity index (χ3n) is 3.43. The third-order valence-corrected chi connectivity index (χ3v) is 3.43. The van der Waals surface area contributed by atoms with Crippen LogP contribution in [0.25, 0.3) is 10.9 Å². The highest BCUT2D eigenvalue weighted by Crippen LogP contribution is 2.32. The highest BCUT2D eigenvalue weighted by Gasteiger charge is 2.24. The van der Waals surface area contributed by atoms with E-state index < -0.39 is 11.4 Å². The summed E-state index contributed by atoms with van der Waals surface area (Å²) in [6, 6.07) is 4.83. The maximum atomic E-state index is 14.1. The van der Waals surface area contributed by atoms with Crippen LogP contribution in [0.3, 0.4) is 0 Å². The van der Waals surface area contributed by atoms with Gasteiger partial charge >= 0.3 is 0 Å². The monoisotopic (exact) mass is 263 g/mol. The number of benzene rings is 1. The van der Waals surface area contributed by atoms with Gasteiger partial charge in [-0.1, -0.05) is 6.92 Å². The third kappa shape index (κ3) is 2.46. The van der Waals surface area contributed by atoms with E-state index in [2.05, 4.69) is 10.3 Å². The quantitative estimate of drug-likeness (QED) is 0.741. The normalized spacial score (nSPS) is 14.3. The van der Waals surface area contributed by atoms with Gasteiger partial charge in [0.05, 0.1) is 23.3 Å². The number of aliphatic hydroxyl groups excluding tert-OH is 1. The van der Waals surface area contributed by atoms with Crippen molar-refractivity contribution in [1.29, 1.82) is 0 Å². The summed E-state index contributed by atoms with van der Waals surface area (Å²) < 4.78 is 14.1. The van der Waals surface area contributed by atoms with Gasteiger partial charge in [-0.25, -0.2) is 4.39 Å². The number of hydrogen-bond donors (Lipinski definition) is 3. The minimum absolute atomic E-state index is 0.0956. The standard InChI is InChI=1S/C14H18FN3O/c1-3-14(2,8-19)18-13-10(15)7-11(16)9-5-4-6-17-12(9)13/h4-7,18-19H,3,8,16H2,1-2H3. The van der Waals surface area contributed by atoms with E-state index in [9.17, 15) is 9.50 Å². The van der Waals surface area contributed by atoms with Crippen LogP contribution in [0.1, 0.15) is 20.3 Å². The van der Waals surface area contributed by atoms with Crippen molar-refractivity contribution in [3.63, 3.8) is 0 Å². The predicted octanol–water partition coefficient (Wildman–Crippen LogP) is 2.53. The molecule has 1 unspecified atom stereocenters. The van der Waals surface area contributed by atoms with Crippen LogP contribution < -0.4 is 11.1 Å². The van der Waals surface area contributed by atoms with Gasteiger partial charge in [-0.2, -0.15) is 0 Å². The molecule has 1 aromatic heterocycles. The highest BCUT2D eigenvalue weighted by molar-refractivity contribution is 5.98. The fourth-order valence-corrected chi connectivity index (χ4v) is 1.90. The molecule has 0 saturated heterocycles. The number of nitrogens with zero attached hydrogens (tertiary/aromatic N) is 1. The van der Waals surface area contributed by atoms with Crippen molar-refractivity contribution in [3.8, 4) is 0 Å². The molecular weight excluding hydrogens is 245 g/mol. The summed E-state index contributed by atoms with van der Waals surface area (Å²) in [5.74, 6) is -0.461. The molecule has 0 aliphatic rings. The number of aliphatic hydroxyl groups is 1. The number of nitrogen functional groups attached to an aromatic ring is 1. The zero-order chi connectivity index (χ0) is 14.0. The number of aromatic nitrogens is 1. The Hall–Kier alpha value is -1.88. The lowest BCUT2D eigenvalue weighted by Crippen LogP contribution is -2.38. The van der Waals surface area contributed by atoms with Crippen molar-refractivity contribution < 1.29 is 9.50 Å². The Kier molecular flexibility index (Phi) is 3.57. The first-order valence-corrected chi connectivity index (χ1v) is 6.22. The fourth-order valence-electron chi connectivity index (χ4n) is 1.90. The first kappa shape index (κ1) is 13.5. The second-order valence-corrected chi connectivity index (χ2v) is 4.92. The highest BCUT2D eigenvalue weighted by atomic mass is 19.1. The molecule has 102 valence electrons. The topological polar surface area (TPSA) is 71.2 Å². The van der Waals surface area contributed by atoms with Gasteiger partial charge in [0.2, 0.25) is 0 Å². The van der Waals surface area contributed by atoms with Crippen LogP contribution >= 0.6 is 0 Å². The Bertz CT molecular complexity index is 597. The number of halogens is 1. The molecule has 5 heteroatoms. The molecule has 1 atom stereocenters. The average molecular weight is 263 g/mol. The number of nitrogens with one attached hydrogen (secondary N) is 1. The van der Waals surface area contributed by atoms with Crippen LogP contribution in [-0.4, -0.2) is 22.2 Å². The number of anilines is 2. The summed E-state index contributed by atoms with van der Waals surface area (Å²) in [5.41, 5.74) is 6.32. The van der Waals surface area contributed by atoms with Gasteiger partial charge in [-0.05, 0) is 31.5 Å². The zero-order valence-electron chi connectivity index (χ0n) is 11.1. The van der Waals surface area contributed by atoms with Gasteiger partial charge in [0, 0.05) is 17.3 Å². The molecule has 0 radical (unpaired) electrons. The van der Waals surface area contributed by atoms with Gasteiger partial charge < -0.3 is 16.2 Å². The van der Waals surface area contributed by atoms with E-state index in [1.165, 1.54) is 6.07 Å². The van der Waals surface area contributed by atoms with Crippen molar-refractivity contribution >= 4 is 22.3 Å². The van der Waals surface area contributed by atoms with E-state index >= 15 is 0 Å². The van der Waals surface area contributed by atoms with Gasteiger partial charge in [-0.3, -0.25) is 4.98 Å². The zero-order valence-corrected chi connectivity index (χ0v) is 11.1. The minimum atomic E-state index is -0.596. The van der Waals surface area contributed by atoms with E-state index in [4.69, 9.17) is 5.73 Å². The molecule has 0 aliphatic heterocycles. The van der Waals surface area contributed by atoms with Crippen LogP contribution in [0.15, 0.2) is 24.4 Å². The Morgan fingerprint density at radius 3 is 2.89 bits per heavy atom. The fraction of sp³-hybridized carbons (Fsp3) is 0.357. The Morgan fingerprint density at radius 1 is 1.53 bits per heavy atom. The van der Waals surface area contributed by atoms with Gasteiger partial charge in [0.25, 0.3) is 0 Å². The summed E-state index contributed by atoms with van der Waals surface area (Å²) in [6.07, 6.45) is 2.25. The van der Waals surface area contributed by atoms with E-state index in [1.54, 1.807) is 18.3 Å². The molecule has 1 heterocycles. The lowest BCUT2D eigenvalue weighted by Gasteiger charge is -2.29. The number of rotatable bonds is 4. The molecule has 4 N–H and O–H groups in total. The number of pyridine rings is 1. The van der Waals surface area contributed by atoms with Crippen molar-refractivity contribution in [2.24, 2.45) is 0 Å². The molecular formula is C14H18FN3O. The molecule has 0 amide bonds. The molecule has 2 rings (SSSR count). The van der Waals surface area contributed by atoms with Gasteiger partial charge in [0.1, 0.15) is 0 Å². The molecule has 0 saturated carbocycles. The lowest BCUT2D eigenvalue weighted by atomic mass is 9.99. The van der Waals surface area contributed by atoms with Crippen LogP contribution in [0, 0.1) is 5.82 Å². The van der Waals surface area contributed by atoms with Crippen molar-refractivity contribution in [2.75, 3.05) is 17.7 Å². The Morgan fingerprint density at radius 2 is 2.26 bits per heavy atom. The van der Waals surface area contributed by atoms with Crippen LogP contribution in [-0.2, 0) is 0 Å². The van der Waals surface area contributed by atoms with Crippen LogP contribution in [0.5, 0.6) is 0 Å². The number of hydrogen-bond acceptors (Lipinski definition) is 4. The van der Waals surface area contributed by atoms with E-state index in [1.807, 2.05) is 13.8 Å². The average Bonchev–Trinajstić information content (AvgIpc) is 2.43. The van der Waals surface area contributed by atoms with Crippen molar-refractivity contribution in [3.05, 3.63) is 30.2 Å². The second-order valence-electron chi connectivity index (χ2n) is 4.92. The second kappa shape index (κ2) is 5.01. The van der Waals surface area contributed by atoms with Crippen LogP contribution in [0.2, 0.25) is 0 Å². The molecule has 0 spiro atoms. The summed E-state index contributed by atoms with van der Waals surface area (Å²) in [7, 11) is 0. The smallest absolute Gasteiger partial charge is 0.150 e. The Labute approximate surface area is 111 Å². The lowest BCUT2D eigenvalue weighted by molar-refractivity contribution is 0.218. The summed E-state index contributed by atoms with van der Waals surface area (Å²) in [4.78, 5) is 4.19. The van der Waals surface area contributed by atoms with E-state index in [0.717, 1.165) is 0 Å². The van der Waals surface area contributed by atoms with Gasteiger partial charge in [-0.15, -0.1) is 0 Å². The maximum absolute atomic E-state index is 14.1. The molecule has 0 fully saturated rings. The molecule has 4 nitrogen and oxygen atoms in total. The van der Waals surface area contributed by atoms with Crippen molar-refractivity contribution in [2.45, 2.75) is 25.8 Å². The SMILES string of the molecule is CCC(C)(CO)Nc1c(F)cc(N)c2cccnc12. The predicted molar refractivity (Wildman–Crippen MR) is 75.5 cm³/mol. The maximum Gasteiger partial charge on any atom is 0.150 e.